The summed E-state index contributed by atoms with van der Waals surface area (Å²) in [4.78, 5) is 24.4. The van der Waals surface area contributed by atoms with Gasteiger partial charge in [-0.05, 0) is 6.07 Å². The molecule has 0 spiro atoms. The number of nitriles is 1. The molecular formula is C16H20N4O5. The minimum absolute atomic E-state index is 0.0268. The Labute approximate surface area is 145 Å². The van der Waals surface area contributed by atoms with E-state index in [-0.39, 0.29) is 16.9 Å². The Morgan fingerprint density at radius 1 is 1.32 bits per heavy atom. The van der Waals surface area contributed by atoms with Gasteiger partial charge in [0.15, 0.2) is 0 Å². The number of carbonyl (C=O) groups is 1. The maximum atomic E-state index is 12.3. The van der Waals surface area contributed by atoms with Crippen LogP contribution in [0.3, 0.4) is 0 Å². The number of nitrogens with zero attached hydrogens (tertiary/aromatic N) is 3. The Hall–Kier alpha value is -2.96. The third-order valence-corrected chi connectivity index (χ3v) is 3.19. The number of benzene rings is 1. The van der Waals surface area contributed by atoms with Gasteiger partial charge >= 0.3 is 0 Å². The lowest BCUT2D eigenvalue weighted by Gasteiger charge is -2.20. The van der Waals surface area contributed by atoms with Crippen LogP contribution in [0.25, 0.3) is 0 Å². The van der Waals surface area contributed by atoms with Crippen molar-refractivity contribution in [1.29, 1.82) is 5.26 Å². The second kappa shape index (κ2) is 10.7. The van der Waals surface area contributed by atoms with E-state index in [1.54, 1.807) is 25.2 Å². The molecule has 134 valence electrons. The summed E-state index contributed by atoms with van der Waals surface area (Å²) in [6.07, 6.45) is 1.39. The van der Waals surface area contributed by atoms with Crippen LogP contribution in [0.4, 0.5) is 11.4 Å². The summed E-state index contributed by atoms with van der Waals surface area (Å²) >= 11 is 0. The topological polar surface area (TPSA) is 118 Å². The fourth-order valence-corrected chi connectivity index (χ4v) is 1.91. The van der Waals surface area contributed by atoms with E-state index in [4.69, 9.17) is 9.47 Å². The number of carbonyl (C=O) groups excluding carboxylic acids is 1. The molecule has 0 saturated heterocycles. The summed E-state index contributed by atoms with van der Waals surface area (Å²) in [5, 5.41) is 22.6. The predicted octanol–water partition coefficient (Wildman–Crippen LogP) is 1.54. The molecule has 1 rings (SSSR count). The van der Waals surface area contributed by atoms with Crippen LogP contribution in [0.1, 0.15) is 0 Å². The number of anilines is 1. The Kier molecular flexibility index (Phi) is 8.63. The quantitative estimate of drug-likeness (QED) is 0.295. The highest BCUT2D eigenvalue weighted by atomic mass is 16.6. The minimum Gasteiger partial charge on any atom is -0.383 e. The van der Waals surface area contributed by atoms with E-state index < -0.39 is 10.8 Å². The zero-order chi connectivity index (χ0) is 18.7. The Balaban J connectivity index is 2.95. The molecular weight excluding hydrogens is 328 g/mol. The number of hydrogen-bond acceptors (Lipinski definition) is 7. The molecule has 0 aliphatic rings. The number of ether oxygens (including phenoxy) is 2. The first-order valence-corrected chi connectivity index (χ1v) is 7.42. The zero-order valence-electron chi connectivity index (χ0n) is 14.1. The van der Waals surface area contributed by atoms with Gasteiger partial charge < -0.3 is 19.7 Å². The number of nitrogens with one attached hydrogen (secondary N) is 1. The van der Waals surface area contributed by atoms with Crippen LogP contribution in [0.5, 0.6) is 0 Å². The van der Waals surface area contributed by atoms with E-state index in [1.807, 2.05) is 6.07 Å². The van der Waals surface area contributed by atoms with E-state index in [1.165, 1.54) is 24.4 Å². The molecule has 0 heterocycles. The summed E-state index contributed by atoms with van der Waals surface area (Å²) in [5.74, 6) is -0.725. The lowest BCUT2D eigenvalue weighted by atomic mass is 10.2. The van der Waals surface area contributed by atoms with Crippen LogP contribution in [0.2, 0.25) is 0 Å². The third-order valence-electron chi connectivity index (χ3n) is 3.19. The Bertz CT molecular complexity index is 661. The lowest BCUT2D eigenvalue weighted by molar-refractivity contribution is -0.383. The Morgan fingerprint density at radius 3 is 2.44 bits per heavy atom. The standard InChI is InChI=1S/C16H20N4O5/c1-24-9-7-19(8-10-25-2)12-13(11-17)16(21)18-14-5-3-4-6-15(14)20(22)23/h3-6,12H,7-10H2,1-2H3,(H,18,21)/b13-12-. The molecule has 25 heavy (non-hydrogen) atoms. The van der Waals surface area contributed by atoms with E-state index >= 15 is 0 Å². The van der Waals surface area contributed by atoms with Gasteiger partial charge in [-0.2, -0.15) is 5.26 Å². The van der Waals surface area contributed by atoms with Crippen molar-refractivity contribution >= 4 is 17.3 Å². The van der Waals surface area contributed by atoms with Gasteiger partial charge in [0.05, 0.1) is 18.1 Å². The van der Waals surface area contributed by atoms with E-state index in [0.717, 1.165) is 0 Å². The van der Waals surface area contributed by atoms with Crippen molar-refractivity contribution in [2.24, 2.45) is 0 Å². The molecule has 1 N–H and O–H groups in total. The van der Waals surface area contributed by atoms with Crippen molar-refractivity contribution in [3.05, 3.63) is 46.2 Å². The average molecular weight is 348 g/mol. The van der Waals surface area contributed by atoms with Gasteiger partial charge in [-0.3, -0.25) is 14.9 Å². The first-order valence-electron chi connectivity index (χ1n) is 7.42. The molecule has 0 aliphatic heterocycles. The van der Waals surface area contributed by atoms with Gasteiger partial charge in [-0.15, -0.1) is 0 Å². The number of methoxy groups -OCH3 is 2. The molecule has 1 amide bonds. The predicted molar refractivity (Wildman–Crippen MR) is 90.7 cm³/mol. The highest BCUT2D eigenvalue weighted by Crippen LogP contribution is 2.23. The number of nitro benzene ring substituents is 1. The molecule has 1 aromatic rings. The van der Waals surface area contributed by atoms with Gasteiger partial charge in [-0.1, -0.05) is 12.1 Å². The van der Waals surface area contributed by atoms with Crippen LogP contribution in [0, 0.1) is 21.4 Å². The highest BCUT2D eigenvalue weighted by molar-refractivity contribution is 6.07. The van der Waals surface area contributed by atoms with Crippen LogP contribution < -0.4 is 5.32 Å². The molecule has 1 aromatic carbocycles. The van der Waals surface area contributed by atoms with Crippen molar-refractivity contribution in [1.82, 2.24) is 4.90 Å². The molecule has 0 bridgehead atoms. The molecule has 9 heteroatoms. The van der Waals surface area contributed by atoms with Crippen molar-refractivity contribution in [3.63, 3.8) is 0 Å². The Morgan fingerprint density at radius 2 is 1.92 bits per heavy atom. The fraction of sp³-hybridized carbons (Fsp3) is 0.375. The monoisotopic (exact) mass is 348 g/mol. The van der Waals surface area contributed by atoms with Crippen molar-refractivity contribution in [2.45, 2.75) is 0 Å². The smallest absolute Gasteiger partial charge is 0.292 e. The summed E-state index contributed by atoms with van der Waals surface area (Å²) in [7, 11) is 3.09. The zero-order valence-corrected chi connectivity index (χ0v) is 14.1. The number of amides is 1. The third kappa shape index (κ3) is 6.58. The van der Waals surface area contributed by atoms with Crippen molar-refractivity contribution < 1.29 is 19.2 Å². The van der Waals surface area contributed by atoms with Gasteiger partial charge in [0.25, 0.3) is 11.6 Å². The van der Waals surface area contributed by atoms with Gasteiger partial charge in [-0.25, -0.2) is 0 Å². The molecule has 0 unspecified atom stereocenters. The van der Waals surface area contributed by atoms with Gasteiger partial charge in [0, 0.05) is 39.6 Å². The van der Waals surface area contributed by atoms with Crippen LogP contribution in [-0.2, 0) is 14.3 Å². The molecule has 0 aromatic heterocycles. The minimum atomic E-state index is -0.725. The van der Waals surface area contributed by atoms with Crippen molar-refractivity contribution in [3.8, 4) is 6.07 Å². The van der Waals surface area contributed by atoms with E-state index in [9.17, 15) is 20.2 Å². The maximum Gasteiger partial charge on any atom is 0.292 e. The fourth-order valence-electron chi connectivity index (χ4n) is 1.91. The molecule has 0 fully saturated rings. The molecule has 9 nitrogen and oxygen atoms in total. The summed E-state index contributed by atoms with van der Waals surface area (Å²) in [6, 6.07) is 7.53. The highest BCUT2D eigenvalue weighted by Gasteiger charge is 2.18. The number of hydrogen-bond donors (Lipinski definition) is 1. The van der Waals surface area contributed by atoms with Crippen LogP contribution >= 0.6 is 0 Å². The van der Waals surface area contributed by atoms with E-state index in [2.05, 4.69) is 5.32 Å². The second-order valence-electron chi connectivity index (χ2n) is 4.90. The molecule has 0 aliphatic carbocycles. The largest absolute Gasteiger partial charge is 0.383 e. The summed E-state index contributed by atoms with van der Waals surface area (Å²) in [5.41, 5.74) is -0.395. The van der Waals surface area contributed by atoms with E-state index in [0.29, 0.717) is 26.3 Å². The molecule has 0 atom stereocenters. The number of para-hydroxylation sites is 2. The summed E-state index contributed by atoms with van der Waals surface area (Å²) < 4.78 is 9.99. The van der Waals surface area contributed by atoms with Crippen LogP contribution in [-0.4, -0.2) is 56.3 Å². The van der Waals surface area contributed by atoms with Gasteiger partial charge in [0.2, 0.25) is 0 Å². The van der Waals surface area contributed by atoms with Gasteiger partial charge in [0.1, 0.15) is 17.3 Å². The number of rotatable bonds is 10. The first-order chi connectivity index (χ1) is 12.0. The van der Waals surface area contributed by atoms with Crippen molar-refractivity contribution in [2.75, 3.05) is 45.8 Å². The molecule has 0 saturated carbocycles. The summed E-state index contributed by atoms with van der Waals surface area (Å²) in [6.45, 7) is 1.74. The maximum absolute atomic E-state index is 12.3. The number of nitro groups is 1. The molecule has 0 radical (unpaired) electrons. The lowest BCUT2D eigenvalue weighted by Crippen LogP contribution is -2.27. The first kappa shape index (κ1) is 20.1. The van der Waals surface area contributed by atoms with Crippen LogP contribution in [0.15, 0.2) is 36.0 Å². The SMILES string of the molecule is COCCN(/C=C(/C#N)C(=O)Nc1ccccc1[N+](=O)[O-])CCOC. The second-order valence-corrected chi connectivity index (χ2v) is 4.90. The normalized spacial score (nSPS) is 10.8. The average Bonchev–Trinajstić information content (AvgIpc) is 2.61.